The first-order chi connectivity index (χ1) is 7.69. The Labute approximate surface area is 94.0 Å². The highest BCUT2D eigenvalue weighted by atomic mass is 15.1. The van der Waals surface area contributed by atoms with E-state index in [1.54, 1.807) is 13.2 Å². The zero-order valence-corrected chi connectivity index (χ0v) is 9.52. The van der Waals surface area contributed by atoms with E-state index in [0.29, 0.717) is 11.8 Å². The standard InChI is InChI=1S/C11H13N5/c1-7-4-5-13-10(14-7)9-6-8(2)15-11(12-3)16-9/h4-6H,1-3H3,(H,12,15,16). The molecule has 0 atom stereocenters. The molecule has 2 heterocycles. The summed E-state index contributed by atoms with van der Waals surface area (Å²) in [6.45, 7) is 3.85. The number of nitrogens with one attached hydrogen (secondary N) is 1. The molecule has 0 radical (unpaired) electrons. The SMILES string of the molecule is CNc1nc(C)cc(-c2nccc(C)n2)n1. The van der Waals surface area contributed by atoms with Crippen LogP contribution in [0.2, 0.25) is 0 Å². The van der Waals surface area contributed by atoms with Gasteiger partial charge in [-0.15, -0.1) is 0 Å². The Bertz CT molecular complexity index is 509. The summed E-state index contributed by atoms with van der Waals surface area (Å²) >= 11 is 0. The first-order valence-corrected chi connectivity index (χ1v) is 5.02. The molecule has 16 heavy (non-hydrogen) atoms. The second kappa shape index (κ2) is 4.22. The summed E-state index contributed by atoms with van der Waals surface area (Å²) in [5, 5.41) is 2.91. The van der Waals surface area contributed by atoms with Crippen molar-refractivity contribution in [2.45, 2.75) is 13.8 Å². The maximum atomic E-state index is 4.33. The summed E-state index contributed by atoms with van der Waals surface area (Å²) in [5.41, 5.74) is 2.55. The molecule has 0 aliphatic heterocycles. The van der Waals surface area contributed by atoms with Gasteiger partial charge in [-0.3, -0.25) is 0 Å². The molecule has 0 saturated heterocycles. The second-order valence-corrected chi connectivity index (χ2v) is 3.49. The summed E-state index contributed by atoms with van der Waals surface area (Å²) in [6, 6.07) is 3.73. The third kappa shape index (κ3) is 2.13. The monoisotopic (exact) mass is 215 g/mol. The predicted octanol–water partition coefficient (Wildman–Crippen LogP) is 1.59. The first-order valence-electron chi connectivity index (χ1n) is 5.02. The lowest BCUT2D eigenvalue weighted by Gasteiger charge is -2.04. The van der Waals surface area contributed by atoms with E-state index in [-0.39, 0.29) is 0 Å². The molecule has 0 aliphatic carbocycles. The molecule has 0 amide bonds. The molecular weight excluding hydrogens is 202 g/mol. The predicted molar refractivity (Wildman–Crippen MR) is 62.1 cm³/mol. The van der Waals surface area contributed by atoms with Crippen molar-refractivity contribution >= 4 is 5.95 Å². The van der Waals surface area contributed by atoms with E-state index in [1.807, 2.05) is 26.0 Å². The lowest BCUT2D eigenvalue weighted by atomic mass is 10.3. The van der Waals surface area contributed by atoms with Crippen molar-refractivity contribution in [3.63, 3.8) is 0 Å². The molecule has 0 bridgehead atoms. The van der Waals surface area contributed by atoms with Crippen molar-refractivity contribution in [1.29, 1.82) is 0 Å². The molecule has 0 aliphatic rings. The molecule has 0 saturated carbocycles. The summed E-state index contributed by atoms with van der Waals surface area (Å²) in [7, 11) is 1.79. The Morgan fingerprint density at radius 1 is 1.06 bits per heavy atom. The minimum absolute atomic E-state index is 0.583. The van der Waals surface area contributed by atoms with Gasteiger partial charge in [0.2, 0.25) is 5.95 Å². The van der Waals surface area contributed by atoms with Crippen LogP contribution in [0.5, 0.6) is 0 Å². The fraction of sp³-hybridized carbons (Fsp3) is 0.273. The maximum Gasteiger partial charge on any atom is 0.223 e. The molecule has 0 fully saturated rings. The van der Waals surface area contributed by atoms with Gasteiger partial charge in [-0.1, -0.05) is 0 Å². The quantitative estimate of drug-likeness (QED) is 0.824. The zero-order valence-electron chi connectivity index (χ0n) is 9.52. The Kier molecular flexibility index (Phi) is 2.76. The number of anilines is 1. The van der Waals surface area contributed by atoms with E-state index in [0.717, 1.165) is 17.1 Å². The molecule has 5 heteroatoms. The molecule has 2 aromatic heterocycles. The zero-order chi connectivity index (χ0) is 11.5. The van der Waals surface area contributed by atoms with Crippen molar-refractivity contribution in [1.82, 2.24) is 19.9 Å². The van der Waals surface area contributed by atoms with Crippen LogP contribution in [-0.2, 0) is 0 Å². The minimum atomic E-state index is 0.583. The number of hydrogen-bond donors (Lipinski definition) is 1. The highest BCUT2D eigenvalue weighted by Crippen LogP contribution is 2.14. The summed E-state index contributed by atoms with van der Waals surface area (Å²) < 4.78 is 0. The largest absolute Gasteiger partial charge is 0.357 e. The topological polar surface area (TPSA) is 63.6 Å². The van der Waals surface area contributed by atoms with Gasteiger partial charge in [0.25, 0.3) is 0 Å². The molecule has 1 N–H and O–H groups in total. The van der Waals surface area contributed by atoms with Crippen molar-refractivity contribution in [2.75, 3.05) is 12.4 Å². The van der Waals surface area contributed by atoms with Crippen LogP contribution >= 0.6 is 0 Å². The normalized spacial score (nSPS) is 10.2. The van der Waals surface area contributed by atoms with Crippen molar-refractivity contribution in [3.05, 3.63) is 29.7 Å². The van der Waals surface area contributed by atoms with E-state index < -0.39 is 0 Å². The van der Waals surface area contributed by atoms with Gasteiger partial charge >= 0.3 is 0 Å². The van der Waals surface area contributed by atoms with E-state index in [2.05, 4.69) is 25.3 Å². The van der Waals surface area contributed by atoms with Crippen LogP contribution in [0, 0.1) is 13.8 Å². The number of aryl methyl sites for hydroxylation is 2. The average molecular weight is 215 g/mol. The second-order valence-electron chi connectivity index (χ2n) is 3.49. The number of rotatable bonds is 2. The average Bonchev–Trinajstić information content (AvgIpc) is 2.28. The lowest BCUT2D eigenvalue weighted by molar-refractivity contribution is 1.05. The molecule has 2 rings (SSSR count). The van der Waals surface area contributed by atoms with Gasteiger partial charge in [0.15, 0.2) is 5.82 Å². The Morgan fingerprint density at radius 3 is 2.56 bits per heavy atom. The van der Waals surface area contributed by atoms with Crippen LogP contribution in [0.3, 0.4) is 0 Å². The lowest BCUT2D eigenvalue weighted by Crippen LogP contribution is -2.01. The maximum absolute atomic E-state index is 4.33. The Hall–Kier alpha value is -2.04. The highest BCUT2D eigenvalue weighted by Gasteiger charge is 2.06. The molecule has 82 valence electrons. The van der Waals surface area contributed by atoms with Crippen LogP contribution in [0.25, 0.3) is 11.5 Å². The third-order valence-electron chi connectivity index (χ3n) is 2.10. The van der Waals surface area contributed by atoms with Gasteiger partial charge < -0.3 is 5.32 Å². The Morgan fingerprint density at radius 2 is 1.88 bits per heavy atom. The van der Waals surface area contributed by atoms with Gasteiger partial charge in [-0.05, 0) is 26.0 Å². The summed E-state index contributed by atoms with van der Waals surface area (Å²) in [6.07, 6.45) is 1.73. The molecule has 0 unspecified atom stereocenters. The Balaban J connectivity index is 2.51. The molecule has 0 spiro atoms. The molecule has 5 nitrogen and oxygen atoms in total. The van der Waals surface area contributed by atoms with E-state index in [1.165, 1.54) is 0 Å². The fourth-order valence-corrected chi connectivity index (χ4v) is 1.37. The van der Waals surface area contributed by atoms with E-state index >= 15 is 0 Å². The van der Waals surface area contributed by atoms with Crippen molar-refractivity contribution in [3.8, 4) is 11.5 Å². The summed E-state index contributed by atoms with van der Waals surface area (Å²) in [5.74, 6) is 1.21. The van der Waals surface area contributed by atoms with E-state index in [4.69, 9.17) is 0 Å². The molecule has 2 aromatic rings. The van der Waals surface area contributed by atoms with Crippen LogP contribution in [0.4, 0.5) is 5.95 Å². The highest BCUT2D eigenvalue weighted by molar-refractivity contribution is 5.51. The minimum Gasteiger partial charge on any atom is -0.357 e. The molecule has 0 aromatic carbocycles. The number of nitrogens with zero attached hydrogens (tertiary/aromatic N) is 4. The summed E-state index contributed by atoms with van der Waals surface area (Å²) in [4.78, 5) is 17.1. The van der Waals surface area contributed by atoms with Crippen LogP contribution in [0.1, 0.15) is 11.4 Å². The number of aromatic nitrogens is 4. The van der Waals surface area contributed by atoms with Gasteiger partial charge in [0.05, 0.1) is 0 Å². The van der Waals surface area contributed by atoms with Crippen molar-refractivity contribution < 1.29 is 0 Å². The van der Waals surface area contributed by atoms with E-state index in [9.17, 15) is 0 Å². The molecular formula is C11H13N5. The van der Waals surface area contributed by atoms with Crippen LogP contribution in [0.15, 0.2) is 18.3 Å². The third-order valence-corrected chi connectivity index (χ3v) is 2.10. The van der Waals surface area contributed by atoms with Gasteiger partial charge in [0, 0.05) is 24.6 Å². The number of hydrogen-bond acceptors (Lipinski definition) is 5. The van der Waals surface area contributed by atoms with Crippen LogP contribution in [-0.4, -0.2) is 27.0 Å². The fourth-order valence-electron chi connectivity index (χ4n) is 1.37. The van der Waals surface area contributed by atoms with Gasteiger partial charge in [0.1, 0.15) is 5.69 Å². The van der Waals surface area contributed by atoms with Gasteiger partial charge in [-0.25, -0.2) is 19.9 Å². The van der Waals surface area contributed by atoms with Gasteiger partial charge in [-0.2, -0.15) is 0 Å². The first kappa shape index (κ1) is 10.5. The van der Waals surface area contributed by atoms with Crippen molar-refractivity contribution in [2.24, 2.45) is 0 Å². The van der Waals surface area contributed by atoms with Crippen LogP contribution < -0.4 is 5.32 Å². The smallest absolute Gasteiger partial charge is 0.223 e.